The molecule has 1 rings (SSSR count). The zero-order chi connectivity index (χ0) is 14.3. The third-order valence-corrected chi connectivity index (χ3v) is 2.57. The highest BCUT2D eigenvalue weighted by Gasteiger charge is 2.04. The maximum atomic E-state index is 11.1. The highest BCUT2D eigenvalue weighted by atomic mass is 35.5. The van der Waals surface area contributed by atoms with Crippen LogP contribution in [0.2, 0.25) is 10.0 Å². The molecule has 0 radical (unpaired) electrons. The Labute approximate surface area is 119 Å². The molecule has 0 unspecified atom stereocenters. The molecule has 0 aliphatic heterocycles. The van der Waals surface area contributed by atoms with E-state index in [0.717, 1.165) is 0 Å². The number of halogens is 2. The van der Waals surface area contributed by atoms with E-state index in [4.69, 9.17) is 33.8 Å². The molecule has 0 bridgehead atoms. The molecule has 2 amide bonds. The summed E-state index contributed by atoms with van der Waals surface area (Å²) < 4.78 is 0. The number of oxime groups is 1. The van der Waals surface area contributed by atoms with Gasteiger partial charge in [0.25, 0.3) is 5.91 Å². The minimum Gasteiger partial charge on any atom is -0.386 e. The van der Waals surface area contributed by atoms with E-state index in [-0.39, 0.29) is 13.2 Å². The van der Waals surface area contributed by atoms with Crippen molar-refractivity contribution in [1.29, 1.82) is 0 Å². The smallest absolute Gasteiger partial charge is 0.261 e. The van der Waals surface area contributed by atoms with Gasteiger partial charge < -0.3 is 15.9 Å². The fourth-order valence-electron chi connectivity index (χ4n) is 1.06. The lowest BCUT2D eigenvalue weighted by Crippen LogP contribution is -2.35. The molecule has 0 spiro atoms. The Morgan fingerprint density at radius 1 is 1.37 bits per heavy atom. The lowest BCUT2D eigenvalue weighted by atomic mass is 10.2. The molecule has 0 heterocycles. The number of primary amides is 1. The fraction of sp³-hybridized carbons (Fsp3) is 0.182. The summed E-state index contributed by atoms with van der Waals surface area (Å²) in [4.78, 5) is 26.3. The molecule has 102 valence electrons. The van der Waals surface area contributed by atoms with E-state index >= 15 is 0 Å². The summed E-state index contributed by atoms with van der Waals surface area (Å²) in [7, 11) is 0. The molecule has 1 aromatic rings. The molecule has 0 aliphatic rings. The van der Waals surface area contributed by atoms with Crippen molar-refractivity contribution in [3.05, 3.63) is 33.8 Å². The van der Waals surface area contributed by atoms with Crippen LogP contribution >= 0.6 is 23.2 Å². The average molecular weight is 304 g/mol. The number of nitrogens with one attached hydrogen (secondary N) is 1. The van der Waals surface area contributed by atoms with E-state index in [2.05, 4.69) is 10.5 Å². The van der Waals surface area contributed by atoms with Gasteiger partial charge in [0.15, 0.2) is 6.61 Å². The fourth-order valence-corrected chi connectivity index (χ4v) is 1.55. The monoisotopic (exact) mass is 303 g/mol. The van der Waals surface area contributed by atoms with E-state index in [9.17, 15) is 9.59 Å². The second-order valence-corrected chi connectivity index (χ2v) is 4.20. The number of carbonyl (C=O) groups excluding carboxylic acids is 2. The second-order valence-electron chi connectivity index (χ2n) is 3.39. The first kappa shape index (κ1) is 15.3. The Balaban J connectivity index is 2.42. The molecule has 0 aromatic heterocycles. The standard InChI is InChI=1S/C11H11Cl2N3O3/c12-8-2-1-3-9(13)7(8)4-16-19-6-11(18)15-5-10(14)17/h1-4H,5-6H2,(H2,14,17)(H,15,18). The lowest BCUT2D eigenvalue weighted by Gasteiger charge is -2.02. The van der Waals surface area contributed by atoms with Crippen molar-refractivity contribution in [2.45, 2.75) is 0 Å². The van der Waals surface area contributed by atoms with Crippen molar-refractivity contribution in [1.82, 2.24) is 5.32 Å². The molecule has 0 fully saturated rings. The summed E-state index contributed by atoms with van der Waals surface area (Å²) in [6, 6.07) is 4.99. The molecular formula is C11H11Cl2N3O3. The van der Waals surface area contributed by atoms with Gasteiger partial charge in [-0.1, -0.05) is 34.4 Å². The zero-order valence-electron chi connectivity index (χ0n) is 9.73. The number of hydrogen-bond acceptors (Lipinski definition) is 4. The number of benzene rings is 1. The predicted molar refractivity (Wildman–Crippen MR) is 72.2 cm³/mol. The highest BCUT2D eigenvalue weighted by Crippen LogP contribution is 2.22. The Hall–Kier alpha value is -1.79. The van der Waals surface area contributed by atoms with Crippen molar-refractivity contribution < 1.29 is 14.4 Å². The van der Waals surface area contributed by atoms with Gasteiger partial charge in [-0.15, -0.1) is 0 Å². The van der Waals surface area contributed by atoms with Gasteiger partial charge in [-0.2, -0.15) is 0 Å². The summed E-state index contributed by atoms with van der Waals surface area (Å²) in [6.45, 7) is -0.589. The van der Waals surface area contributed by atoms with Crippen molar-refractivity contribution in [2.24, 2.45) is 10.9 Å². The molecule has 8 heteroatoms. The van der Waals surface area contributed by atoms with Gasteiger partial charge in [-0.3, -0.25) is 9.59 Å². The average Bonchev–Trinajstić information content (AvgIpc) is 2.35. The summed E-state index contributed by atoms with van der Waals surface area (Å²) in [5.74, 6) is -1.15. The number of carbonyl (C=O) groups is 2. The first-order valence-corrected chi connectivity index (χ1v) is 5.90. The molecule has 0 saturated carbocycles. The normalized spacial score (nSPS) is 10.4. The summed E-state index contributed by atoms with van der Waals surface area (Å²) in [5.41, 5.74) is 5.34. The Morgan fingerprint density at radius 3 is 2.58 bits per heavy atom. The van der Waals surface area contributed by atoms with Crippen LogP contribution in [0.25, 0.3) is 0 Å². The van der Waals surface area contributed by atoms with Gasteiger partial charge in [0.05, 0.1) is 22.8 Å². The van der Waals surface area contributed by atoms with E-state index in [0.29, 0.717) is 15.6 Å². The van der Waals surface area contributed by atoms with Gasteiger partial charge in [0, 0.05) is 5.56 Å². The molecule has 3 N–H and O–H groups in total. The van der Waals surface area contributed by atoms with Crippen LogP contribution in [-0.2, 0) is 14.4 Å². The Bertz CT molecular complexity index is 486. The van der Waals surface area contributed by atoms with Crippen LogP contribution in [0.5, 0.6) is 0 Å². The minimum atomic E-state index is -0.639. The van der Waals surface area contributed by atoms with Crippen molar-refractivity contribution in [3.63, 3.8) is 0 Å². The van der Waals surface area contributed by atoms with Crippen LogP contribution in [0.3, 0.4) is 0 Å². The summed E-state index contributed by atoms with van der Waals surface area (Å²) >= 11 is 11.8. The molecular weight excluding hydrogens is 293 g/mol. The largest absolute Gasteiger partial charge is 0.386 e. The molecule has 6 nitrogen and oxygen atoms in total. The van der Waals surface area contributed by atoms with E-state index in [1.807, 2.05) is 0 Å². The summed E-state index contributed by atoms with van der Waals surface area (Å²) in [6.07, 6.45) is 1.30. The molecule has 0 aliphatic carbocycles. The van der Waals surface area contributed by atoms with Gasteiger partial charge in [0.2, 0.25) is 5.91 Å². The van der Waals surface area contributed by atoms with Crippen LogP contribution in [-0.4, -0.2) is 31.2 Å². The Morgan fingerprint density at radius 2 is 2.00 bits per heavy atom. The maximum Gasteiger partial charge on any atom is 0.261 e. The molecule has 0 saturated heterocycles. The number of amides is 2. The van der Waals surface area contributed by atoms with Crippen LogP contribution in [0.1, 0.15) is 5.56 Å². The predicted octanol–water partition coefficient (Wildman–Crippen LogP) is 0.945. The van der Waals surface area contributed by atoms with Gasteiger partial charge in [0.1, 0.15) is 0 Å². The quantitative estimate of drug-likeness (QED) is 0.605. The third kappa shape index (κ3) is 5.58. The van der Waals surface area contributed by atoms with Crippen LogP contribution in [0.4, 0.5) is 0 Å². The number of hydrogen-bond donors (Lipinski definition) is 2. The number of nitrogens with two attached hydrogens (primary N) is 1. The van der Waals surface area contributed by atoms with E-state index < -0.39 is 11.8 Å². The first-order chi connectivity index (χ1) is 9.00. The zero-order valence-corrected chi connectivity index (χ0v) is 11.2. The van der Waals surface area contributed by atoms with Crippen molar-refractivity contribution >= 4 is 41.2 Å². The molecule has 0 atom stereocenters. The number of nitrogens with zero attached hydrogens (tertiary/aromatic N) is 1. The van der Waals surface area contributed by atoms with Gasteiger partial charge in [-0.05, 0) is 12.1 Å². The van der Waals surface area contributed by atoms with Crippen molar-refractivity contribution in [2.75, 3.05) is 13.2 Å². The van der Waals surface area contributed by atoms with E-state index in [1.165, 1.54) is 6.21 Å². The van der Waals surface area contributed by atoms with Gasteiger partial charge in [-0.25, -0.2) is 0 Å². The Kier molecular flexibility index (Phi) is 6.11. The van der Waals surface area contributed by atoms with Crippen LogP contribution in [0, 0.1) is 0 Å². The van der Waals surface area contributed by atoms with Gasteiger partial charge >= 0.3 is 0 Å². The van der Waals surface area contributed by atoms with Crippen LogP contribution < -0.4 is 11.1 Å². The van der Waals surface area contributed by atoms with Crippen LogP contribution in [0.15, 0.2) is 23.4 Å². The topological polar surface area (TPSA) is 93.8 Å². The van der Waals surface area contributed by atoms with E-state index in [1.54, 1.807) is 18.2 Å². The first-order valence-electron chi connectivity index (χ1n) is 5.15. The maximum absolute atomic E-state index is 11.1. The number of rotatable bonds is 6. The molecule has 1 aromatic carbocycles. The third-order valence-electron chi connectivity index (χ3n) is 1.91. The summed E-state index contributed by atoms with van der Waals surface area (Å²) in [5, 5.41) is 6.63. The minimum absolute atomic E-state index is 0.248. The highest BCUT2D eigenvalue weighted by molar-refractivity contribution is 6.38. The SMILES string of the molecule is NC(=O)CNC(=O)CON=Cc1c(Cl)cccc1Cl. The molecule has 19 heavy (non-hydrogen) atoms. The van der Waals surface area contributed by atoms with Crippen molar-refractivity contribution in [3.8, 4) is 0 Å². The lowest BCUT2D eigenvalue weighted by molar-refractivity contribution is -0.128. The second kappa shape index (κ2) is 7.60.